The molecule has 1 aromatic carbocycles. The van der Waals surface area contributed by atoms with Gasteiger partial charge < -0.3 is 11.1 Å². The summed E-state index contributed by atoms with van der Waals surface area (Å²) in [5.74, 6) is -0.484. The molecule has 0 saturated carbocycles. The Balaban J connectivity index is 0.00000400. The number of halogens is 4. The number of carbonyl (C=O) groups is 1. The molecule has 1 rings (SSSR count). The molecule has 3 nitrogen and oxygen atoms in total. The summed E-state index contributed by atoms with van der Waals surface area (Å²) in [5, 5.41) is 2.48. The smallest absolute Gasteiger partial charge is 0.324 e. The van der Waals surface area contributed by atoms with Gasteiger partial charge in [-0.05, 0) is 38.0 Å². The third kappa shape index (κ3) is 4.89. The molecule has 0 heterocycles. The number of benzene rings is 1. The van der Waals surface area contributed by atoms with Crippen molar-refractivity contribution in [1.82, 2.24) is 0 Å². The molecule has 0 aliphatic carbocycles. The van der Waals surface area contributed by atoms with Crippen LogP contribution in [0.15, 0.2) is 18.2 Å². The molecule has 0 radical (unpaired) electrons. The third-order valence-corrected chi connectivity index (χ3v) is 3.18. The van der Waals surface area contributed by atoms with Crippen molar-refractivity contribution in [2.24, 2.45) is 5.73 Å². The Morgan fingerprint density at radius 3 is 2.38 bits per heavy atom. The van der Waals surface area contributed by atoms with Gasteiger partial charge in [0, 0.05) is 5.69 Å². The molecule has 0 spiro atoms. The summed E-state index contributed by atoms with van der Waals surface area (Å²) in [6.07, 6.45) is -3.28. The maximum atomic E-state index is 12.8. The summed E-state index contributed by atoms with van der Waals surface area (Å²) in [7, 11) is 0. The van der Waals surface area contributed by atoms with Crippen LogP contribution in [0.1, 0.15) is 37.8 Å². The number of hydrogen-bond acceptors (Lipinski definition) is 2. The summed E-state index contributed by atoms with van der Waals surface area (Å²) in [4.78, 5) is 12.0. The van der Waals surface area contributed by atoms with Crippen molar-refractivity contribution in [3.63, 3.8) is 0 Å². The summed E-state index contributed by atoms with van der Waals surface area (Å²) < 4.78 is 38.4. The third-order valence-electron chi connectivity index (χ3n) is 3.18. The minimum atomic E-state index is -4.44. The lowest BCUT2D eigenvalue weighted by atomic mass is 9.96. The Bertz CT molecular complexity index is 501. The fourth-order valence-electron chi connectivity index (χ4n) is 1.98. The maximum Gasteiger partial charge on any atom is 0.416 e. The second-order valence-corrected chi connectivity index (χ2v) is 5.10. The van der Waals surface area contributed by atoms with Gasteiger partial charge in [0.15, 0.2) is 0 Å². The van der Waals surface area contributed by atoms with Crippen LogP contribution in [0, 0.1) is 6.92 Å². The van der Waals surface area contributed by atoms with E-state index in [1.165, 1.54) is 19.1 Å². The summed E-state index contributed by atoms with van der Waals surface area (Å²) >= 11 is 0. The zero-order valence-corrected chi connectivity index (χ0v) is 13.0. The van der Waals surface area contributed by atoms with Crippen LogP contribution in [0.3, 0.4) is 0 Å². The lowest BCUT2D eigenvalue weighted by Crippen LogP contribution is -2.48. The highest BCUT2D eigenvalue weighted by Gasteiger charge is 2.34. The zero-order valence-electron chi connectivity index (χ0n) is 12.2. The molecule has 1 aromatic rings. The quantitative estimate of drug-likeness (QED) is 0.882. The largest absolute Gasteiger partial charge is 0.416 e. The number of amides is 1. The van der Waals surface area contributed by atoms with Crippen LogP contribution in [-0.4, -0.2) is 11.4 Å². The molecular formula is C14H20ClF3N2O. The van der Waals surface area contributed by atoms with Crippen molar-refractivity contribution in [2.75, 3.05) is 5.32 Å². The number of carbonyl (C=O) groups excluding carboxylic acids is 1. The predicted molar refractivity (Wildman–Crippen MR) is 79.6 cm³/mol. The van der Waals surface area contributed by atoms with E-state index in [-0.39, 0.29) is 23.7 Å². The lowest BCUT2D eigenvalue weighted by molar-refractivity contribution is -0.138. The fraction of sp³-hybridized carbons (Fsp3) is 0.500. The molecule has 0 aliphatic heterocycles. The number of nitrogens with one attached hydrogen (secondary N) is 1. The SMILES string of the molecule is CCCC(C)(N)C(=O)Nc1cccc(C(F)(F)F)c1C.Cl. The Hall–Kier alpha value is -1.27. The van der Waals surface area contributed by atoms with Gasteiger partial charge in [0.1, 0.15) is 0 Å². The normalized spacial score (nSPS) is 14.0. The summed E-state index contributed by atoms with van der Waals surface area (Å²) in [5.41, 5.74) is 4.12. The van der Waals surface area contributed by atoms with Crippen LogP contribution in [-0.2, 0) is 11.0 Å². The van der Waals surface area contributed by atoms with Crippen molar-refractivity contribution in [3.8, 4) is 0 Å². The standard InChI is InChI=1S/C14H19F3N2O.ClH/c1-4-8-13(3,18)12(20)19-11-7-5-6-10(9(11)2)14(15,16)17;/h5-7H,4,8,18H2,1-3H3,(H,19,20);1H. The van der Waals surface area contributed by atoms with Gasteiger partial charge in [-0.2, -0.15) is 13.2 Å². The minimum absolute atomic E-state index is 0. The predicted octanol–water partition coefficient (Wildman–Crippen LogP) is 3.89. The average Bonchev–Trinajstić information content (AvgIpc) is 2.30. The highest BCUT2D eigenvalue weighted by molar-refractivity contribution is 5.98. The average molecular weight is 325 g/mol. The van der Waals surface area contributed by atoms with Crippen molar-refractivity contribution in [3.05, 3.63) is 29.3 Å². The Morgan fingerprint density at radius 1 is 1.33 bits per heavy atom. The van der Waals surface area contributed by atoms with Crippen LogP contribution in [0.5, 0.6) is 0 Å². The van der Waals surface area contributed by atoms with Gasteiger partial charge in [-0.3, -0.25) is 4.79 Å². The van der Waals surface area contributed by atoms with Crippen molar-refractivity contribution >= 4 is 24.0 Å². The van der Waals surface area contributed by atoms with E-state index in [2.05, 4.69) is 5.32 Å². The van der Waals surface area contributed by atoms with Gasteiger partial charge >= 0.3 is 6.18 Å². The first kappa shape index (κ1) is 19.7. The van der Waals surface area contributed by atoms with E-state index in [0.29, 0.717) is 12.8 Å². The lowest BCUT2D eigenvalue weighted by Gasteiger charge is -2.24. The first-order valence-electron chi connectivity index (χ1n) is 6.36. The molecule has 7 heteroatoms. The van der Waals surface area contributed by atoms with Crippen LogP contribution in [0.4, 0.5) is 18.9 Å². The highest BCUT2D eigenvalue weighted by Crippen LogP contribution is 2.34. The van der Waals surface area contributed by atoms with E-state index in [9.17, 15) is 18.0 Å². The summed E-state index contributed by atoms with van der Waals surface area (Å²) in [6, 6.07) is 3.68. The first-order valence-corrected chi connectivity index (χ1v) is 6.36. The monoisotopic (exact) mass is 324 g/mol. The van der Waals surface area contributed by atoms with Gasteiger partial charge in [-0.1, -0.05) is 19.4 Å². The number of anilines is 1. The summed E-state index contributed by atoms with van der Waals surface area (Å²) in [6.45, 7) is 4.77. The second kappa shape index (κ2) is 7.13. The Labute approximate surface area is 128 Å². The highest BCUT2D eigenvalue weighted by atomic mass is 35.5. The minimum Gasteiger partial charge on any atom is -0.324 e. The van der Waals surface area contributed by atoms with E-state index >= 15 is 0 Å². The van der Waals surface area contributed by atoms with E-state index in [0.717, 1.165) is 6.07 Å². The molecule has 1 amide bonds. The van der Waals surface area contributed by atoms with Crippen molar-refractivity contribution < 1.29 is 18.0 Å². The van der Waals surface area contributed by atoms with Gasteiger partial charge in [0.25, 0.3) is 0 Å². The van der Waals surface area contributed by atoms with E-state index in [4.69, 9.17) is 5.73 Å². The van der Waals surface area contributed by atoms with Crippen LogP contribution >= 0.6 is 12.4 Å². The number of nitrogens with two attached hydrogens (primary N) is 1. The van der Waals surface area contributed by atoms with Gasteiger partial charge in [-0.15, -0.1) is 12.4 Å². The fourth-order valence-corrected chi connectivity index (χ4v) is 1.98. The number of rotatable bonds is 4. The van der Waals surface area contributed by atoms with Gasteiger partial charge in [0.05, 0.1) is 11.1 Å². The van der Waals surface area contributed by atoms with E-state index < -0.39 is 23.2 Å². The molecule has 0 aliphatic rings. The Morgan fingerprint density at radius 2 is 1.90 bits per heavy atom. The topological polar surface area (TPSA) is 55.1 Å². The molecule has 0 fully saturated rings. The number of hydrogen-bond donors (Lipinski definition) is 2. The molecular weight excluding hydrogens is 305 g/mol. The second-order valence-electron chi connectivity index (χ2n) is 5.10. The zero-order chi connectivity index (χ0) is 15.6. The van der Waals surface area contributed by atoms with Crippen molar-refractivity contribution in [2.45, 2.75) is 45.3 Å². The molecule has 120 valence electrons. The van der Waals surface area contributed by atoms with Crippen molar-refractivity contribution in [1.29, 1.82) is 0 Å². The van der Waals surface area contributed by atoms with Gasteiger partial charge in [-0.25, -0.2) is 0 Å². The van der Waals surface area contributed by atoms with Crippen LogP contribution in [0.2, 0.25) is 0 Å². The molecule has 0 aromatic heterocycles. The van der Waals surface area contributed by atoms with Gasteiger partial charge in [0.2, 0.25) is 5.91 Å². The molecule has 0 bridgehead atoms. The van der Waals surface area contributed by atoms with E-state index in [1.54, 1.807) is 6.92 Å². The molecule has 0 saturated heterocycles. The maximum absolute atomic E-state index is 12.8. The van der Waals surface area contributed by atoms with Crippen LogP contribution in [0.25, 0.3) is 0 Å². The number of alkyl halides is 3. The molecule has 21 heavy (non-hydrogen) atoms. The molecule has 1 unspecified atom stereocenters. The molecule has 1 atom stereocenters. The Kier molecular flexibility index (Phi) is 6.70. The molecule has 3 N–H and O–H groups in total. The van der Waals surface area contributed by atoms with E-state index in [1.807, 2.05) is 6.92 Å². The first-order chi connectivity index (χ1) is 9.09. The van der Waals surface area contributed by atoms with Crippen LogP contribution < -0.4 is 11.1 Å².